The van der Waals surface area contributed by atoms with Gasteiger partial charge in [-0.25, -0.2) is 0 Å². The Balaban J connectivity index is 1.90. The van der Waals surface area contributed by atoms with Gasteiger partial charge in [0, 0.05) is 42.1 Å². The van der Waals surface area contributed by atoms with Gasteiger partial charge in [-0.15, -0.1) is 0 Å². The minimum Gasteiger partial charge on any atom is -0.381 e. The summed E-state index contributed by atoms with van der Waals surface area (Å²) in [4.78, 5) is 17.8. The maximum absolute atomic E-state index is 11.5. The highest BCUT2D eigenvalue weighted by atomic mass is 16.1. The van der Waals surface area contributed by atoms with E-state index in [0.717, 1.165) is 34.1 Å². The number of hydrogen-bond acceptors (Lipinski definition) is 4. The number of primary amides is 1. The topological polar surface area (TPSA) is 71.2 Å². The highest BCUT2D eigenvalue weighted by Crippen LogP contribution is 2.22. The molecule has 0 spiro atoms. The lowest BCUT2D eigenvalue weighted by Crippen LogP contribution is -2.15. The predicted octanol–water partition coefficient (Wildman–Crippen LogP) is 3.01. The minimum atomic E-state index is -0.422. The second kappa shape index (κ2) is 7.32. The van der Waals surface area contributed by atoms with E-state index in [0.29, 0.717) is 12.1 Å². The summed E-state index contributed by atoms with van der Waals surface area (Å²) in [6.45, 7) is 1.42. The highest BCUT2D eigenvalue weighted by Gasteiger charge is 2.09. The van der Waals surface area contributed by atoms with Crippen LogP contribution in [0.1, 0.15) is 21.5 Å². The van der Waals surface area contributed by atoms with E-state index in [4.69, 9.17) is 5.73 Å². The molecule has 0 aliphatic rings. The lowest BCUT2D eigenvalue weighted by atomic mass is 10.1. The van der Waals surface area contributed by atoms with E-state index in [1.165, 1.54) is 0 Å². The molecule has 0 bridgehead atoms. The molecule has 5 nitrogen and oxygen atoms in total. The van der Waals surface area contributed by atoms with E-state index in [-0.39, 0.29) is 0 Å². The van der Waals surface area contributed by atoms with Crippen molar-refractivity contribution in [3.63, 3.8) is 0 Å². The van der Waals surface area contributed by atoms with E-state index < -0.39 is 5.91 Å². The van der Waals surface area contributed by atoms with Crippen molar-refractivity contribution < 1.29 is 4.79 Å². The number of benzene rings is 2. The molecule has 2 aromatic carbocycles. The molecular weight excluding hydrogens is 312 g/mol. The molecule has 0 radical (unpaired) electrons. The standard InChI is InChI=1S/C20H22N4O/c1-24(2)13-17-7-6-15(20(21)25)10-19(17)23-11-16-5-3-4-14-8-9-22-12-18(14)16/h3-10,12,23H,11,13H2,1-2H3,(H2,21,25). The van der Waals surface area contributed by atoms with Crippen LogP contribution in [0.25, 0.3) is 10.8 Å². The lowest BCUT2D eigenvalue weighted by molar-refractivity contribution is 0.100. The van der Waals surface area contributed by atoms with Crippen molar-refractivity contribution in [2.24, 2.45) is 5.73 Å². The van der Waals surface area contributed by atoms with Crippen molar-refractivity contribution in [3.05, 3.63) is 71.5 Å². The molecule has 0 fully saturated rings. The Labute approximate surface area is 147 Å². The maximum Gasteiger partial charge on any atom is 0.248 e. The number of nitrogens with two attached hydrogens (primary N) is 1. The smallest absolute Gasteiger partial charge is 0.248 e. The predicted molar refractivity (Wildman–Crippen MR) is 101 cm³/mol. The number of nitrogens with one attached hydrogen (secondary N) is 1. The Kier molecular flexibility index (Phi) is 4.95. The van der Waals surface area contributed by atoms with Gasteiger partial charge >= 0.3 is 0 Å². The van der Waals surface area contributed by atoms with Crippen molar-refractivity contribution >= 4 is 22.4 Å². The Morgan fingerprint density at radius 2 is 2.00 bits per heavy atom. The van der Waals surface area contributed by atoms with Crippen LogP contribution in [-0.2, 0) is 13.1 Å². The Bertz CT molecular complexity index is 900. The first-order valence-corrected chi connectivity index (χ1v) is 8.17. The molecule has 3 aromatic rings. The first-order valence-electron chi connectivity index (χ1n) is 8.17. The average molecular weight is 334 g/mol. The second-order valence-electron chi connectivity index (χ2n) is 6.34. The van der Waals surface area contributed by atoms with Gasteiger partial charge in [-0.2, -0.15) is 0 Å². The molecule has 3 rings (SSSR count). The van der Waals surface area contributed by atoms with Gasteiger partial charge in [0.2, 0.25) is 5.91 Å². The molecular formula is C20H22N4O. The van der Waals surface area contributed by atoms with Crippen LogP contribution in [0, 0.1) is 0 Å². The Morgan fingerprint density at radius 3 is 2.76 bits per heavy atom. The SMILES string of the molecule is CN(C)Cc1ccc(C(N)=O)cc1NCc1cccc2ccncc12. The third-order valence-electron chi connectivity index (χ3n) is 4.12. The van der Waals surface area contributed by atoms with Crippen LogP contribution in [-0.4, -0.2) is 29.9 Å². The summed E-state index contributed by atoms with van der Waals surface area (Å²) in [5.74, 6) is -0.422. The fourth-order valence-corrected chi connectivity index (χ4v) is 2.89. The molecule has 1 aromatic heterocycles. The number of carbonyl (C=O) groups is 1. The zero-order valence-corrected chi connectivity index (χ0v) is 14.5. The summed E-state index contributed by atoms with van der Waals surface area (Å²) >= 11 is 0. The van der Waals surface area contributed by atoms with Crippen LogP contribution in [0.3, 0.4) is 0 Å². The van der Waals surface area contributed by atoms with E-state index in [1.807, 2.05) is 44.6 Å². The molecule has 0 aliphatic heterocycles. The second-order valence-corrected chi connectivity index (χ2v) is 6.34. The monoisotopic (exact) mass is 334 g/mol. The third-order valence-corrected chi connectivity index (χ3v) is 4.12. The number of pyridine rings is 1. The van der Waals surface area contributed by atoms with Crippen LogP contribution in [0.5, 0.6) is 0 Å². The molecule has 1 amide bonds. The summed E-state index contributed by atoms with van der Waals surface area (Å²) in [6.07, 6.45) is 3.68. The van der Waals surface area contributed by atoms with Crippen LogP contribution >= 0.6 is 0 Å². The number of carbonyl (C=O) groups excluding carboxylic acids is 1. The summed E-state index contributed by atoms with van der Waals surface area (Å²) in [7, 11) is 4.03. The molecule has 0 atom stereocenters. The number of nitrogens with zero attached hydrogens (tertiary/aromatic N) is 2. The van der Waals surface area contributed by atoms with Gasteiger partial charge in [0.05, 0.1) is 0 Å². The number of fused-ring (bicyclic) bond motifs is 1. The quantitative estimate of drug-likeness (QED) is 0.727. The Hall–Kier alpha value is -2.92. The molecule has 5 heteroatoms. The van der Waals surface area contributed by atoms with Gasteiger partial charge in [-0.3, -0.25) is 9.78 Å². The van der Waals surface area contributed by atoms with Crippen molar-refractivity contribution in [2.45, 2.75) is 13.1 Å². The molecule has 0 saturated carbocycles. The van der Waals surface area contributed by atoms with E-state index in [1.54, 1.807) is 12.3 Å². The fraction of sp³-hybridized carbons (Fsp3) is 0.200. The average Bonchev–Trinajstić information content (AvgIpc) is 2.60. The minimum absolute atomic E-state index is 0.422. The number of rotatable bonds is 6. The van der Waals surface area contributed by atoms with E-state index >= 15 is 0 Å². The normalized spacial score (nSPS) is 11.0. The number of aromatic nitrogens is 1. The Morgan fingerprint density at radius 1 is 1.16 bits per heavy atom. The first-order chi connectivity index (χ1) is 12.0. The molecule has 128 valence electrons. The number of amides is 1. The first kappa shape index (κ1) is 16.9. The fourth-order valence-electron chi connectivity index (χ4n) is 2.89. The van der Waals surface area contributed by atoms with Crippen molar-refractivity contribution in [1.82, 2.24) is 9.88 Å². The van der Waals surface area contributed by atoms with Gasteiger partial charge in [-0.1, -0.05) is 24.3 Å². The maximum atomic E-state index is 11.5. The summed E-state index contributed by atoms with van der Waals surface area (Å²) in [5.41, 5.74) is 9.13. The van der Waals surface area contributed by atoms with Crippen LogP contribution < -0.4 is 11.1 Å². The third kappa shape index (κ3) is 3.95. The summed E-state index contributed by atoms with van der Waals surface area (Å²) in [5, 5.41) is 5.74. The van der Waals surface area contributed by atoms with Crippen LogP contribution in [0.2, 0.25) is 0 Å². The zero-order chi connectivity index (χ0) is 17.8. The summed E-state index contributed by atoms with van der Waals surface area (Å²) < 4.78 is 0. The van der Waals surface area contributed by atoms with Gasteiger partial charge in [0.15, 0.2) is 0 Å². The van der Waals surface area contributed by atoms with Gasteiger partial charge in [0.1, 0.15) is 0 Å². The molecule has 0 unspecified atom stereocenters. The molecule has 3 N–H and O–H groups in total. The van der Waals surface area contributed by atoms with Gasteiger partial charge in [0.25, 0.3) is 0 Å². The van der Waals surface area contributed by atoms with Gasteiger partial charge in [-0.05, 0) is 48.8 Å². The van der Waals surface area contributed by atoms with E-state index in [2.05, 4.69) is 27.3 Å². The molecule has 0 aliphatic carbocycles. The summed E-state index contributed by atoms with van der Waals surface area (Å²) in [6, 6.07) is 13.8. The molecule has 0 saturated heterocycles. The highest BCUT2D eigenvalue weighted by molar-refractivity contribution is 5.94. The van der Waals surface area contributed by atoms with E-state index in [9.17, 15) is 4.79 Å². The van der Waals surface area contributed by atoms with Gasteiger partial charge < -0.3 is 16.0 Å². The largest absolute Gasteiger partial charge is 0.381 e. The zero-order valence-electron chi connectivity index (χ0n) is 14.5. The lowest BCUT2D eigenvalue weighted by Gasteiger charge is -2.17. The van der Waals surface area contributed by atoms with Crippen molar-refractivity contribution in [2.75, 3.05) is 19.4 Å². The number of hydrogen-bond donors (Lipinski definition) is 2. The van der Waals surface area contributed by atoms with Crippen LogP contribution in [0.15, 0.2) is 54.9 Å². The number of anilines is 1. The molecule has 1 heterocycles. The van der Waals surface area contributed by atoms with Crippen molar-refractivity contribution in [1.29, 1.82) is 0 Å². The molecule has 25 heavy (non-hydrogen) atoms. The van der Waals surface area contributed by atoms with Crippen LogP contribution in [0.4, 0.5) is 5.69 Å². The van der Waals surface area contributed by atoms with Crippen molar-refractivity contribution in [3.8, 4) is 0 Å².